The molecule has 1 saturated heterocycles. The summed E-state index contributed by atoms with van der Waals surface area (Å²) in [5.41, 5.74) is 2.84. The van der Waals surface area contributed by atoms with Crippen molar-refractivity contribution in [2.45, 2.75) is 5.41 Å². The summed E-state index contributed by atoms with van der Waals surface area (Å²) in [6.45, 7) is 1.38. The first-order valence-electron chi connectivity index (χ1n) is 4.81. The molecule has 1 aliphatic rings. The summed E-state index contributed by atoms with van der Waals surface area (Å²) in [6, 6.07) is 6.02. The van der Waals surface area contributed by atoms with Crippen molar-refractivity contribution in [1.82, 2.24) is 4.98 Å². The average molecular weight is 224 g/mol. The number of benzene rings is 1. The Bertz CT molecular complexity index is 485. The second kappa shape index (κ2) is 3.22. The molecule has 4 heteroatoms. The molecule has 2 aromatic rings. The third kappa shape index (κ3) is 1.27. The van der Waals surface area contributed by atoms with Crippen molar-refractivity contribution in [3.63, 3.8) is 0 Å². The highest BCUT2D eigenvalue weighted by Crippen LogP contribution is 2.34. The van der Waals surface area contributed by atoms with E-state index in [1.807, 2.05) is 12.1 Å². The van der Waals surface area contributed by atoms with E-state index in [2.05, 4.69) is 11.1 Å². The van der Waals surface area contributed by atoms with Crippen molar-refractivity contribution in [1.29, 1.82) is 0 Å². The molecule has 0 atom stereocenters. The molecule has 78 valence electrons. The third-order valence-corrected chi connectivity index (χ3v) is 3.47. The van der Waals surface area contributed by atoms with Crippen molar-refractivity contribution in [3.05, 3.63) is 30.2 Å². The maximum absolute atomic E-state index is 5.99. The first kappa shape index (κ1) is 9.19. The molecule has 1 aliphatic heterocycles. The molecule has 0 unspecified atom stereocenters. The minimum Gasteiger partial charge on any atom is -0.443 e. The number of hydrogen-bond donors (Lipinski definition) is 0. The monoisotopic (exact) mass is 223 g/mol. The summed E-state index contributed by atoms with van der Waals surface area (Å²) in [4.78, 5) is 4.08. The fraction of sp³-hybridized carbons (Fsp3) is 0.364. The van der Waals surface area contributed by atoms with Crippen LogP contribution < -0.4 is 0 Å². The average Bonchev–Trinajstić information content (AvgIpc) is 2.64. The Hall–Kier alpha value is -1.06. The highest BCUT2D eigenvalue weighted by molar-refractivity contribution is 6.18. The topological polar surface area (TPSA) is 35.3 Å². The molecule has 0 bridgehead atoms. The van der Waals surface area contributed by atoms with E-state index in [0.717, 1.165) is 11.1 Å². The van der Waals surface area contributed by atoms with Gasteiger partial charge in [-0.25, -0.2) is 4.98 Å². The fourth-order valence-electron chi connectivity index (χ4n) is 1.85. The van der Waals surface area contributed by atoms with Crippen LogP contribution in [0.15, 0.2) is 29.0 Å². The lowest BCUT2D eigenvalue weighted by Crippen LogP contribution is -2.48. The Morgan fingerprint density at radius 1 is 1.40 bits per heavy atom. The predicted molar refractivity (Wildman–Crippen MR) is 57.2 cm³/mol. The van der Waals surface area contributed by atoms with Gasteiger partial charge in [0.25, 0.3) is 0 Å². The normalized spacial score (nSPS) is 19.0. The first-order valence-corrected chi connectivity index (χ1v) is 5.35. The highest BCUT2D eigenvalue weighted by atomic mass is 35.5. The van der Waals surface area contributed by atoms with Crippen LogP contribution in [0.1, 0.15) is 5.56 Å². The Kier molecular flexibility index (Phi) is 1.97. The van der Waals surface area contributed by atoms with Crippen LogP contribution in [0.5, 0.6) is 0 Å². The zero-order valence-electron chi connectivity index (χ0n) is 8.07. The van der Waals surface area contributed by atoms with Crippen molar-refractivity contribution in [2.24, 2.45) is 0 Å². The van der Waals surface area contributed by atoms with Gasteiger partial charge in [-0.3, -0.25) is 0 Å². The molecule has 0 radical (unpaired) electrons. The van der Waals surface area contributed by atoms with E-state index >= 15 is 0 Å². The van der Waals surface area contributed by atoms with Gasteiger partial charge in [-0.05, 0) is 17.7 Å². The Morgan fingerprint density at radius 3 is 2.93 bits per heavy atom. The molecule has 0 aliphatic carbocycles. The molecule has 1 aromatic carbocycles. The van der Waals surface area contributed by atoms with Gasteiger partial charge in [-0.1, -0.05) is 6.07 Å². The Labute approximate surface area is 92.0 Å². The molecular formula is C11H10ClNO2. The molecule has 0 spiro atoms. The maximum Gasteiger partial charge on any atom is 0.181 e. The second-order valence-corrected chi connectivity index (χ2v) is 4.21. The molecule has 3 nitrogen and oxygen atoms in total. The lowest BCUT2D eigenvalue weighted by Gasteiger charge is -2.40. The van der Waals surface area contributed by atoms with Gasteiger partial charge in [0.2, 0.25) is 0 Å². The van der Waals surface area contributed by atoms with Crippen molar-refractivity contribution >= 4 is 22.7 Å². The number of hydrogen-bond acceptors (Lipinski definition) is 3. The van der Waals surface area contributed by atoms with Crippen molar-refractivity contribution in [3.8, 4) is 0 Å². The van der Waals surface area contributed by atoms with Crippen molar-refractivity contribution < 1.29 is 9.15 Å². The van der Waals surface area contributed by atoms with Gasteiger partial charge in [-0.2, -0.15) is 0 Å². The minimum atomic E-state index is -0.0253. The first-order chi connectivity index (χ1) is 7.34. The quantitative estimate of drug-likeness (QED) is 0.733. The molecule has 1 fully saturated rings. The van der Waals surface area contributed by atoms with Crippen LogP contribution >= 0.6 is 11.6 Å². The highest BCUT2D eigenvalue weighted by Gasteiger charge is 2.39. The van der Waals surface area contributed by atoms with Crippen LogP contribution in [0.4, 0.5) is 0 Å². The molecular weight excluding hydrogens is 214 g/mol. The van der Waals surface area contributed by atoms with Crippen LogP contribution in [0.3, 0.4) is 0 Å². The van der Waals surface area contributed by atoms with Crippen LogP contribution in [0, 0.1) is 0 Å². The number of rotatable bonds is 2. The lowest BCUT2D eigenvalue weighted by atomic mass is 9.80. The van der Waals surface area contributed by atoms with Crippen LogP contribution in [0.2, 0.25) is 0 Å². The number of oxazole rings is 1. The molecule has 0 saturated carbocycles. The summed E-state index contributed by atoms with van der Waals surface area (Å²) >= 11 is 5.99. The largest absolute Gasteiger partial charge is 0.443 e. The SMILES string of the molecule is ClCC1(c2ccc3ncoc3c2)COC1. The minimum absolute atomic E-state index is 0.0253. The summed E-state index contributed by atoms with van der Waals surface area (Å²) in [5, 5.41) is 0. The van der Waals surface area contributed by atoms with Gasteiger partial charge < -0.3 is 9.15 Å². The number of halogens is 1. The van der Waals surface area contributed by atoms with Gasteiger partial charge in [0, 0.05) is 5.88 Å². The molecule has 0 N–H and O–H groups in total. The van der Waals surface area contributed by atoms with E-state index in [1.54, 1.807) is 0 Å². The summed E-state index contributed by atoms with van der Waals surface area (Å²) in [7, 11) is 0. The van der Waals surface area contributed by atoms with Gasteiger partial charge in [0.05, 0.1) is 18.6 Å². The summed E-state index contributed by atoms with van der Waals surface area (Å²) in [6.07, 6.45) is 1.46. The van der Waals surface area contributed by atoms with E-state index in [9.17, 15) is 0 Å². The zero-order valence-corrected chi connectivity index (χ0v) is 8.83. The predicted octanol–water partition coefficient (Wildman–Crippen LogP) is 2.33. The van der Waals surface area contributed by atoms with Gasteiger partial charge >= 0.3 is 0 Å². The number of fused-ring (bicyclic) bond motifs is 1. The summed E-state index contributed by atoms with van der Waals surface area (Å²) < 4.78 is 10.5. The lowest BCUT2D eigenvalue weighted by molar-refractivity contribution is -0.0479. The zero-order chi connectivity index (χ0) is 10.3. The number of nitrogens with zero attached hydrogens (tertiary/aromatic N) is 1. The Morgan fingerprint density at radius 2 is 2.27 bits per heavy atom. The smallest absolute Gasteiger partial charge is 0.181 e. The molecule has 2 heterocycles. The van der Waals surface area contributed by atoms with Crippen LogP contribution in [0.25, 0.3) is 11.1 Å². The van der Waals surface area contributed by atoms with Gasteiger partial charge in [0.15, 0.2) is 12.0 Å². The van der Waals surface area contributed by atoms with Crippen LogP contribution in [-0.2, 0) is 10.2 Å². The molecule has 0 amide bonds. The van der Waals surface area contributed by atoms with Crippen LogP contribution in [-0.4, -0.2) is 24.1 Å². The van der Waals surface area contributed by atoms with Gasteiger partial charge in [0.1, 0.15) is 5.52 Å². The van der Waals surface area contributed by atoms with E-state index in [-0.39, 0.29) is 5.41 Å². The van der Waals surface area contributed by atoms with Crippen molar-refractivity contribution in [2.75, 3.05) is 19.1 Å². The maximum atomic E-state index is 5.99. The van der Waals surface area contributed by atoms with E-state index in [0.29, 0.717) is 19.1 Å². The second-order valence-electron chi connectivity index (χ2n) is 3.94. The number of ether oxygens (including phenoxy) is 1. The number of alkyl halides is 1. The van der Waals surface area contributed by atoms with Gasteiger partial charge in [-0.15, -0.1) is 11.6 Å². The molecule has 1 aromatic heterocycles. The molecule has 3 rings (SSSR count). The fourth-order valence-corrected chi connectivity index (χ4v) is 2.16. The Balaban J connectivity index is 2.10. The summed E-state index contributed by atoms with van der Waals surface area (Å²) in [5.74, 6) is 0.576. The third-order valence-electron chi connectivity index (χ3n) is 2.96. The number of aromatic nitrogens is 1. The molecule has 15 heavy (non-hydrogen) atoms. The van der Waals surface area contributed by atoms with E-state index < -0.39 is 0 Å². The standard InChI is InChI=1S/C11H10ClNO2/c12-4-11(5-14-6-11)8-1-2-9-10(3-8)15-7-13-9/h1-3,7H,4-6H2. The van der Waals surface area contributed by atoms with E-state index in [4.69, 9.17) is 20.8 Å². The van der Waals surface area contributed by atoms with E-state index in [1.165, 1.54) is 12.0 Å².